The second-order valence-corrected chi connectivity index (χ2v) is 14.7. The van der Waals surface area contributed by atoms with Crippen molar-refractivity contribution in [1.29, 1.82) is 0 Å². The van der Waals surface area contributed by atoms with Gasteiger partial charge >= 0.3 is 24.1 Å². The molecule has 0 aliphatic carbocycles. The number of hydrogen-bond donors (Lipinski definition) is 6. The Balaban J connectivity index is 0.000000468. The van der Waals surface area contributed by atoms with Crippen molar-refractivity contribution in [2.24, 2.45) is 0 Å². The van der Waals surface area contributed by atoms with Crippen LogP contribution in [-0.4, -0.2) is 116 Å². The van der Waals surface area contributed by atoms with Crippen LogP contribution < -0.4 is 33.2 Å². The summed E-state index contributed by atoms with van der Waals surface area (Å²) < 4.78 is 19.7. The number of methoxy groups -OCH3 is 2. The number of aryl methyl sites for hydroxylation is 1. The molecule has 3 rings (SSSR count). The average Bonchev–Trinajstić information content (AvgIpc) is 3.12. The summed E-state index contributed by atoms with van der Waals surface area (Å²) >= 11 is 1.49. The van der Waals surface area contributed by atoms with Gasteiger partial charge in [-0.1, -0.05) is 6.58 Å². The highest BCUT2D eigenvalue weighted by Gasteiger charge is 2.26. The Morgan fingerprint density at radius 2 is 1.19 bits per heavy atom. The molecular formula is C36H56N12O8S. The van der Waals surface area contributed by atoms with Gasteiger partial charge in [-0.15, -0.1) is 0 Å². The summed E-state index contributed by atoms with van der Waals surface area (Å²) in [7, 11) is 2.54. The van der Waals surface area contributed by atoms with E-state index in [1.54, 1.807) is 84.4 Å². The predicted octanol–water partition coefficient (Wildman–Crippen LogP) is 2.36. The molecule has 2 unspecified atom stereocenters. The van der Waals surface area contributed by atoms with Crippen LogP contribution >= 0.6 is 11.8 Å². The number of aromatic nitrogens is 6. The number of thioether (sulfide) groups is 1. The molecule has 0 saturated carbocycles. The quantitative estimate of drug-likeness (QED) is 0.0729. The highest BCUT2D eigenvalue weighted by molar-refractivity contribution is 7.99. The number of carbonyl (C=O) groups is 4. The second-order valence-electron chi connectivity index (χ2n) is 13.6. The molecule has 3 aromatic heterocycles. The molecule has 0 saturated heterocycles. The first-order valence-corrected chi connectivity index (χ1v) is 18.7. The van der Waals surface area contributed by atoms with Crippen molar-refractivity contribution in [2.75, 3.05) is 56.0 Å². The van der Waals surface area contributed by atoms with Gasteiger partial charge in [0.05, 0.1) is 19.9 Å². The smallest absolute Gasteiger partial charge is 0.408 e. The fourth-order valence-electron chi connectivity index (χ4n) is 3.99. The molecule has 0 aliphatic heterocycles. The maximum absolute atomic E-state index is 11.8. The molecule has 57 heavy (non-hydrogen) atoms. The Bertz CT molecular complexity index is 1620. The molecule has 20 nitrogen and oxygen atoms in total. The SMILES string of the molecule is C=Cc1ccnc(N)n1.COC(=O)C(CNCCc1ccnc(N)n1)NC(=O)OC(C)(C)C.COC(=O)C(CSCCc1ccnc(N)n1)NC(=O)OC(C)(C)C. The summed E-state index contributed by atoms with van der Waals surface area (Å²) in [4.78, 5) is 70.5. The van der Waals surface area contributed by atoms with E-state index in [2.05, 4.69) is 57.2 Å². The van der Waals surface area contributed by atoms with Crippen molar-refractivity contribution < 1.29 is 38.1 Å². The van der Waals surface area contributed by atoms with Crippen molar-refractivity contribution in [3.05, 3.63) is 60.5 Å². The number of hydrogen-bond acceptors (Lipinski definition) is 19. The Kier molecular flexibility index (Phi) is 21.9. The number of anilines is 3. The highest BCUT2D eigenvalue weighted by Crippen LogP contribution is 2.11. The molecule has 0 aromatic carbocycles. The van der Waals surface area contributed by atoms with Gasteiger partial charge in [-0.25, -0.2) is 49.1 Å². The number of nitrogen functional groups attached to an aromatic ring is 3. The van der Waals surface area contributed by atoms with E-state index >= 15 is 0 Å². The minimum atomic E-state index is -0.847. The van der Waals surface area contributed by atoms with E-state index in [1.165, 1.54) is 26.0 Å². The largest absolute Gasteiger partial charge is 0.467 e. The average molecular weight is 817 g/mol. The molecule has 314 valence electrons. The number of carbonyl (C=O) groups excluding carboxylic acids is 4. The lowest BCUT2D eigenvalue weighted by molar-refractivity contribution is -0.143. The highest BCUT2D eigenvalue weighted by atomic mass is 32.2. The Morgan fingerprint density at radius 3 is 1.63 bits per heavy atom. The first-order chi connectivity index (χ1) is 26.7. The minimum Gasteiger partial charge on any atom is -0.467 e. The zero-order chi connectivity index (χ0) is 43.0. The van der Waals surface area contributed by atoms with Crippen LogP contribution in [0.4, 0.5) is 27.4 Å². The maximum Gasteiger partial charge on any atom is 0.408 e. The summed E-state index contributed by atoms with van der Waals surface area (Å²) in [6, 6.07) is 3.66. The number of nitrogens with two attached hydrogens (primary N) is 3. The van der Waals surface area contributed by atoms with Crippen LogP contribution in [0.1, 0.15) is 58.6 Å². The number of esters is 2. The fourth-order valence-corrected chi connectivity index (χ4v) is 4.97. The third-order valence-corrected chi connectivity index (χ3v) is 7.48. The van der Waals surface area contributed by atoms with E-state index < -0.39 is 47.4 Å². The van der Waals surface area contributed by atoms with Gasteiger partial charge in [-0.3, -0.25) is 0 Å². The van der Waals surface area contributed by atoms with Gasteiger partial charge in [-0.05, 0) is 78.0 Å². The lowest BCUT2D eigenvalue weighted by Gasteiger charge is -2.22. The van der Waals surface area contributed by atoms with Crippen LogP contribution in [0.2, 0.25) is 0 Å². The molecule has 0 bridgehead atoms. The monoisotopic (exact) mass is 816 g/mol. The molecule has 9 N–H and O–H groups in total. The summed E-state index contributed by atoms with van der Waals surface area (Å²) in [5.41, 5.74) is 17.4. The number of nitrogens with one attached hydrogen (secondary N) is 3. The number of ether oxygens (including phenoxy) is 4. The van der Waals surface area contributed by atoms with Crippen molar-refractivity contribution in [2.45, 2.75) is 77.7 Å². The first-order valence-electron chi connectivity index (χ1n) is 17.5. The Morgan fingerprint density at radius 1 is 0.737 bits per heavy atom. The van der Waals surface area contributed by atoms with Gasteiger partial charge in [0.15, 0.2) is 0 Å². The molecule has 0 radical (unpaired) electrons. The lowest BCUT2D eigenvalue weighted by Crippen LogP contribution is -2.49. The van der Waals surface area contributed by atoms with E-state index in [-0.39, 0.29) is 24.4 Å². The number of alkyl carbamates (subject to hydrolysis) is 2. The third-order valence-electron chi connectivity index (χ3n) is 6.42. The zero-order valence-corrected chi connectivity index (χ0v) is 34.6. The second kappa shape index (κ2) is 25.4. The first kappa shape index (κ1) is 49.2. The van der Waals surface area contributed by atoms with Gasteiger partial charge in [-0.2, -0.15) is 11.8 Å². The van der Waals surface area contributed by atoms with Gasteiger partial charge < -0.3 is 52.1 Å². The predicted molar refractivity (Wildman–Crippen MR) is 217 cm³/mol. The van der Waals surface area contributed by atoms with Gasteiger partial charge in [0.25, 0.3) is 0 Å². The van der Waals surface area contributed by atoms with Crippen LogP contribution in [0.3, 0.4) is 0 Å². The summed E-state index contributed by atoms with van der Waals surface area (Å²) in [5, 5.41) is 8.08. The molecule has 2 atom stereocenters. The van der Waals surface area contributed by atoms with E-state index in [1.807, 2.05) is 0 Å². The summed E-state index contributed by atoms with van der Waals surface area (Å²) in [5.74, 6) is 0.738. The third kappa shape index (κ3) is 23.6. The fraction of sp³-hybridized carbons (Fsp3) is 0.500. The lowest BCUT2D eigenvalue weighted by atomic mass is 10.2. The summed E-state index contributed by atoms with van der Waals surface area (Å²) in [6.07, 6.45) is 6.36. The van der Waals surface area contributed by atoms with E-state index in [4.69, 9.17) is 31.4 Å². The van der Waals surface area contributed by atoms with Gasteiger partial charge in [0.1, 0.15) is 23.3 Å². The van der Waals surface area contributed by atoms with Crippen LogP contribution in [0.25, 0.3) is 6.08 Å². The van der Waals surface area contributed by atoms with Gasteiger partial charge in [0.2, 0.25) is 17.8 Å². The van der Waals surface area contributed by atoms with E-state index in [0.29, 0.717) is 30.9 Å². The number of nitrogens with zero attached hydrogens (tertiary/aromatic N) is 6. The molecule has 3 heterocycles. The van der Waals surface area contributed by atoms with Crippen LogP contribution in [0.15, 0.2) is 43.4 Å². The zero-order valence-electron chi connectivity index (χ0n) is 33.7. The Hall–Kier alpha value is -5.83. The molecule has 3 aromatic rings. The summed E-state index contributed by atoms with van der Waals surface area (Å²) in [6.45, 7) is 14.7. The Labute approximate surface area is 337 Å². The molecule has 2 amide bonds. The normalized spacial score (nSPS) is 11.8. The maximum atomic E-state index is 11.8. The van der Waals surface area contributed by atoms with Crippen molar-refractivity contribution >= 4 is 59.8 Å². The standard InChI is InChI=1S/C15H25N5O4.C15H24N4O4S.C6H7N3/c1-15(2,3)24-14(22)20-11(12(21)23-4)9-17-7-5-10-6-8-18-13(16)19-10;1-15(2,3)23-14(21)19-11(12(20)22-4)9-24-8-6-10-5-7-17-13(16)18-10;1-2-5-3-4-8-6(7)9-5/h6,8,11,17H,5,7,9H2,1-4H3,(H,20,22)(H2,16,18,19);5,7,11H,6,8-9H2,1-4H3,(H,19,21)(H2,16,17,18);2-4H,1H2,(H2,7,8,9). The molecule has 0 spiro atoms. The number of amides is 2. The molecular weight excluding hydrogens is 761 g/mol. The van der Waals surface area contributed by atoms with Gasteiger partial charge in [0, 0.05) is 55.2 Å². The molecule has 0 fully saturated rings. The number of rotatable bonds is 15. The minimum absolute atomic E-state index is 0.201. The topological polar surface area (TPSA) is 297 Å². The van der Waals surface area contributed by atoms with Crippen molar-refractivity contribution in [3.63, 3.8) is 0 Å². The molecule has 21 heteroatoms. The van der Waals surface area contributed by atoms with E-state index in [0.717, 1.165) is 17.1 Å². The van der Waals surface area contributed by atoms with E-state index in [9.17, 15) is 19.2 Å². The van der Waals surface area contributed by atoms with Crippen LogP contribution in [-0.2, 0) is 41.4 Å². The molecule has 0 aliphatic rings. The van der Waals surface area contributed by atoms with Crippen molar-refractivity contribution in [1.82, 2.24) is 45.9 Å². The van der Waals surface area contributed by atoms with Crippen LogP contribution in [0.5, 0.6) is 0 Å². The van der Waals surface area contributed by atoms with Crippen LogP contribution in [0, 0.1) is 0 Å². The van der Waals surface area contributed by atoms with Crippen molar-refractivity contribution in [3.8, 4) is 0 Å².